The summed E-state index contributed by atoms with van der Waals surface area (Å²) in [6.45, 7) is 1.24. The van der Waals surface area contributed by atoms with Crippen LogP contribution in [0.2, 0.25) is 5.02 Å². The van der Waals surface area contributed by atoms with E-state index in [4.69, 9.17) is 11.6 Å². The maximum Gasteiger partial charge on any atom is 0.417 e. The van der Waals surface area contributed by atoms with Gasteiger partial charge in [0.2, 0.25) is 0 Å². The molecule has 0 spiro atoms. The largest absolute Gasteiger partial charge is 0.476 e. The predicted octanol–water partition coefficient (Wildman–Crippen LogP) is 5.22. The number of alkyl halides is 3. The van der Waals surface area contributed by atoms with E-state index >= 15 is 0 Å². The number of nitrogens with zero attached hydrogens (tertiary/aromatic N) is 1. The molecule has 3 rings (SSSR count). The first-order chi connectivity index (χ1) is 11.6. The molecule has 25 heavy (non-hydrogen) atoms. The zero-order chi connectivity index (χ0) is 18.5. The van der Waals surface area contributed by atoms with Crippen molar-refractivity contribution in [2.75, 3.05) is 0 Å². The number of carboxylic acid groups (broad SMARTS) is 1. The van der Waals surface area contributed by atoms with Crippen LogP contribution in [0.25, 0.3) is 22.0 Å². The minimum absolute atomic E-state index is 0.123. The number of hydrogen-bond donors (Lipinski definition) is 2. The lowest BCUT2D eigenvalue weighted by Crippen LogP contribution is -2.08. The highest BCUT2D eigenvalue weighted by Gasteiger charge is 2.38. The van der Waals surface area contributed by atoms with Gasteiger partial charge in [-0.15, -0.1) is 0 Å². The number of carbonyl (C=O) groups is 1. The topological polar surface area (TPSA) is 62.5 Å². The molecule has 0 bridgehead atoms. The molecule has 1 heterocycles. The molecule has 3 aromatic rings. The van der Waals surface area contributed by atoms with Crippen molar-refractivity contribution in [2.45, 2.75) is 13.1 Å². The number of aryl methyl sites for hydroxylation is 1. The van der Waals surface area contributed by atoms with E-state index in [2.05, 4.69) is 0 Å². The van der Waals surface area contributed by atoms with Gasteiger partial charge >= 0.3 is 12.1 Å². The first-order valence-electron chi connectivity index (χ1n) is 7.06. The SMILES string of the molecule is Cc1c(C(=O)O)n(O)c2ccc(-c3ccc(Cl)cc3)c(C(F)(F)F)c12. The second-order valence-electron chi connectivity index (χ2n) is 5.48. The molecule has 8 heteroatoms. The molecule has 0 aliphatic carbocycles. The summed E-state index contributed by atoms with van der Waals surface area (Å²) in [4.78, 5) is 11.3. The van der Waals surface area contributed by atoms with Gasteiger partial charge in [-0.05, 0) is 41.8 Å². The van der Waals surface area contributed by atoms with Gasteiger partial charge in [-0.3, -0.25) is 0 Å². The molecule has 2 N–H and O–H groups in total. The maximum atomic E-state index is 13.8. The highest BCUT2D eigenvalue weighted by Crippen LogP contribution is 2.44. The molecule has 0 saturated heterocycles. The van der Waals surface area contributed by atoms with Crippen molar-refractivity contribution in [3.8, 4) is 11.1 Å². The first-order valence-corrected chi connectivity index (χ1v) is 7.44. The molecule has 0 saturated carbocycles. The van der Waals surface area contributed by atoms with Crippen LogP contribution in [0.5, 0.6) is 0 Å². The van der Waals surface area contributed by atoms with Gasteiger partial charge in [0.15, 0.2) is 5.69 Å². The number of aromatic nitrogens is 1. The third-order valence-electron chi connectivity index (χ3n) is 3.99. The Hall–Kier alpha value is -2.67. The van der Waals surface area contributed by atoms with Crippen LogP contribution in [0.3, 0.4) is 0 Å². The van der Waals surface area contributed by atoms with E-state index in [1.807, 2.05) is 0 Å². The van der Waals surface area contributed by atoms with Crippen molar-refractivity contribution in [2.24, 2.45) is 0 Å². The third-order valence-corrected chi connectivity index (χ3v) is 4.25. The Balaban J connectivity index is 2.46. The van der Waals surface area contributed by atoms with E-state index in [1.54, 1.807) is 0 Å². The van der Waals surface area contributed by atoms with Gasteiger partial charge in [0, 0.05) is 10.4 Å². The Labute approximate surface area is 144 Å². The summed E-state index contributed by atoms with van der Waals surface area (Å²) in [6.07, 6.45) is -4.75. The summed E-state index contributed by atoms with van der Waals surface area (Å²) >= 11 is 5.78. The average Bonchev–Trinajstić information content (AvgIpc) is 2.77. The summed E-state index contributed by atoms with van der Waals surface area (Å²) in [7, 11) is 0. The van der Waals surface area contributed by atoms with Crippen molar-refractivity contribution in [1.29, 1.82) is 0 Å². The van der Waals surface area contributed by atoms with Crippen LogP contribution in [0, 0.1) is 6.92 Å². The summed E-state index contributed by atoms with van der Waals surface area (Å²) in [5.74, 6) is -1.52. The molecule has 0 aliphatic rings. The fraction of sp³-hybridized carbons (Fsp3) is 0.118. The Kier molecular flexibility index (Phi) is 3.91. The Morgan fingerprint density at radius 2 is 1.72 bits per heavy atom. The van der Waals surface area contributed by atoms with Crippen molar-refractivity contribution < 1.29 is 28.3 Å². The van der Waals surface area contributed by atoms with Gasteiger partial charge < -0.3 is 10.3 Å². The van der Waals surface area contributed by atoms with Crippen LogP contribution in [0.4, 0.5) is 13.2 Å². The van der Waals surface area contributed by atoms with Gasteiger partial charge in [0.25, 0.3) is 0 Å². The van der Waals surface area contributed by atoms with Crippen molar-refractivity contribution in [3.63, 3.8) is 0 Å². The zero-order valence-corrected chi connectivity index (χ0v) is 13.5. The zero-order valence-electron chi connectivity index (χ0n) is 12.7. The highest BCUT2D eigenvalue weighted by molar-refractivity contribution is 6.30. The molecule has 1 aromatic heterocycles. The van der Waals surface area contributed by atoms with Crippen molar-refractivity contribution in [1.82, 2.24) is 4.73 Å². The fourth-order valence-electron chi connectivity index (χ4n) is 2.96. The molecular formula is C17H11ClF3NO3. The number of fused-ring (bicyclic) bond motifs is 1. The minimum Gasteiger partial charge on any atom is -0.476 e. The molecule has 0 amide bonds. The predicted molar refractivity (Wildman–Crippen MR) is 86.3 cm³/mol. The van der Waals surface area contributed by atoms with Crippen LogP contribution in [0.15, 0.2) is 36.4 Å². The average molecular weight is 370 g/mol. The van der Waals surface area contributed by atoms with E-state index in [1.165, 1.54) is 43.3 Å². The second-order valence-corrected chi connectivity index (χ2v) is 5.91. The molecule has 0 unspecified atom stereocenters. The minimum atomic E-state index is -4.75. The van der Waals surface area contributed by atoms with Gasteiger partial charge in [0.05, 0.1) is 11.1 Å². The molecule has 0 aliphatic heterocycles. The van der Waals surface area contributed by atoms with Crippen LogP contribution < -0.4 is 0 Å². The normalized spacial score (nSPS) is 11.9. The maximum absolute atomic E-state index is 13.8. The van der Waals surface area contributed by atoms with Crippen LogP contribution in [-0.4, -0.2) is 21.0 Å². The summed E-state index contributed by atoms with van der Waals surface area (Å²) < 4.78 is 41.7. The van der Waals surface area contributed by atoms with Gasteiger partial charge in [-0.1, -0.05) is 29.8 Å². The number of aromatic carboxylic acids is 1. The van der Waals surface area contributed by atoms with Crippen molar-refractivity contribution >= 4 is 28.5 Å². The number of hydrogen-bond acceptors (Lipinski definition) is 2. The molecule has 0 atom stereocenters. The summed E-state index contributed by atoms with van der Waals surface area (Å²) in [5.41, 5.74) is -1.83. The van der Waals surface area contributed by atoms with Gasteiger partial charge in [-0.2, -0.15) is 17.9 Å². The second kappa shape index (κ2) is 5.70. The van der Waals surface area contributed by atoms with Crippen molar-refractivity contribution in [3.05, 3.63) is 58.2 Å². The van der Waals surface area contributed by atoms with Gasteiger partial charge in [-0.25, -0.2) is 4.79 Å². The Bertz CT molecular complexity index is 991. The van der Waals surface area contributed by atoms with E-state index in [9.17, 15) is 28.3 Å². The molecular weight excluding hydrogens is 359 g/mol. The monoisotopic (exact) mass is 369 g/mol. The summed E-state index contributed by atoms with van der Waals surface area (Å²) in [6, 6.07) is 8.28. The smallest absolute Gasteiger partial charge is 0.417 e. The number of benzene rings is 2. The quantitative estimate of drug-likeness (QED) is 0.608. The standard InChI is InChI=1S/C17H11ClF3NO3/c1-8-13-12(22(25)15(8)16(23)24)7-6-11(14(13)17(19,20)21)9-2-4-10(18)5-3-9/h2-7,25H,1H3,(H,23,24). The Morgan fingerprint density at radius 3 is 2.24 bits per heavy atom. The molecule has 0 fully saturated rings. The number of halogens is 4. The third kappa shape index (κ3) is 2.70. The number of carboxylic acids is 1. The highest BCUT2D eigenvalue weighted by atomic mass is 35.5. The van der Waals surface area contributed by atoms with E-state index in [-0.39, 0.29) is 32.3 Å². The Morgan fingerprint density at radius 1 is 1.12 bits per heavy atom. The van der Waals surface area contributed by atoms with Crippen LogP contribution >= 0.6 is 11.6 Å². The molecule has 130 valence electrons. The first kappa shape index (κ1) is 17.2. The lowest BCUT2D eigenvalue weighted by molar-refractivity contribution is -0.135. The lowest BCUT2D eigenvalue weighted by Gasteiger charge is -2.15. The van der Waals surface area contributed by atoms with Crippen LogP contribution in [0.1, 0.15) is 21.6 Å². The van der Waals surface area contributed by atoms with E-state index < -0.39 is 23.4 Å². The van der Waals surface area contributed by atoms with Gasteiger partial charge in [0.1, 0.15) is 0 Å². The number of rotatable bonds is 2. The fourth-order valence-corrected chi connectivity index (χ4v) is 3.09. The van der Waals surface area contributed by atoms with E-state index in [0.29, 0.717) is 5.02 Å². The molecule has 0 radical (unpaired) electrons. The van der Waals surface area contributed by atoms with E-state index in [0.717, 1.165) is 0 Å². The van der Waals surface area contributed by atoms with Crippen LogP contribution in [-0.2, 0) is 6.18 Å². The summed E-state index contributed by atoms with van der Waals surface area (Å²) in [5, 5.41) is 19.2. The lowest BCUT2D eigenvalue weighted by atomic mass is 9.94. The molecule has 2 aromatic carbocycles. The molecule has 4 nitrogen and oxygen atoms in total.